The number of anilines is 1. The Hall–Kier alpha value is -2.73. The Morgan fingerprint density at radius 2 is 1.73 bits per heavy atom. The van der Waals surface area contributed by atoms with Crippen molar-refractivity contribution in [2.45, 2.75) is 13.5 Å². The van der Waals surface area contributed by atoms with E-state index < -0.39 is 0 Å². The van der Waals surface area contributed by atoms with Gasteiger partial charge in [-0.05, 0) is 36.8 Å². The highest BCUT2D eigenvalue weighted by molar-refractivity contribution is 5.93. The van der Waals surface area contributed by atoms with Gasteiger partial charge in [0, 0.05) is 11.6 Å². The number of hydrogen-bond acceptors (Lipinski definition) is 4. The Balaban J connectivity index is 2.01. The van der Waals surface area contributed by atoms with Crippen molar-refractivity contribution in [3.05, 3.63) is 47.5 Å². The number of ether oxygens (including phenoxy) is 3. The molecule has 6 nitrogen and oxygen atoms in total. The summed E-state index contributed by atoms with van der Waals surface area (Å²) in [6.45, 7) is 2.96. The first-order chi connectivity index (χ1) is 12.5. The molecule has 1 atom stereocenters. The van der Waals surface area contributed by atoms with Crippen LogP contribution in [0.5, 0.6) is 17.2 Å². The predicted molar refractivity (Wildman–Crippen MR) is 101 cm³/mol. The van der Waals surface area contributed by atoms with Gasteiger partial charge in [0.2, 0.25) is 0 Å². The number of rotatable bonds is 8. The fourth-order valence-electron chi connectivity index (χ4n) is 2.77. The molecular weight excluding hydrogens is 332 g/mol. The van der Waals surface area contributed by atoms with Crippen LogP contribution < -0.4 is 24.4 Å². The highest BCUT2D eigenvalue weighted by atomic mass is 16.5. The Bertz CT molecular complexity index is 761. The highest BCUT2D eigenvalue weighted by Crippen LogP contribution is 2.25. The zero-order chi connectivity index (χ0) is 19.1. The van der Waals surface area contributed by atoms with Gasteiger partial charge < -0.3 is 24.4 Å². The van der Waals surface area contributed by atoms with E-state index >= 15 is 0 Å². The minimum Gasteiger partial charge on any atom is -0.497 e. The summed E-state index contributed by atoms with van der Waals surface area (Å²) in [5.41, 5.74) is 2.77. The maximum absolute atomic E-state index is 12.4. The summed E-state index contributed by atoms with van der Waals surface area (Å²) >= 11 is 0. The van der Waals surface area contributed by atoms with Crippen molar-refractivity contribution < 1.29 is 23.9 Å². The molecule has 2 rings (SSSR count). The molecule has 2 N–H and O–H groups in total. The third-order valence-corrected chi connectivity index (χ3v) is 4.08. The fourth-order valence-corrected chi connectivity index (χ4v) is 2.77. The average Bonchev–Trinajstić information content (AvgIpc) is 2.62. The maximum Gasteiger partial charge on any atom is 0.279 e. The SMILES string of the molecule is COc1ccc(C[NH+](C)CC(=O)Nc2cc(C)ccc2OC)c(OC)c1. The molecule has 1 unspecified atom stereocenters. The lowest BCUT2D eigenvalue weighted by molar-refractivity contribution is -0.885. The van der Waals surface area contributed by atoms with Gasteiger partial charge >= 0.3 is 0 Å². The zero-order valence-corrected chi connectivity index (χ0v) is 16.0. The van der Waals surface area contributed by atoms with E-state index in [0.717, 1.165) is 27.5 Å². The molecule has 0 spiro atoms. The molecule has 0 fully saturated rings. The summed E-state index contributed by atoms with van der Waals surface area (Å²) in [4.78, 5) is 13.4. The second kappa shape index (κ2) is 9.10. The molecule has 2 aromatic carbocycles. The monoisotopic (exact) mass is 359 g/mol. The molecular formula is C20H27N2O4+. The molecule has 0 aliphatic heterocycles. The first kappa shape index (κ1) is 19.6. The number of benzene rings is 2. The molecule has 0 aliphatic carbocycles. The summed E-state index contributed by atoms with van der Waals surface area (Å²) in [6.07, 6.45) is 0. The number of likely N-dealkylation sites (N-methyl/N-ethyl adjacent to an activating group) is 1. The lowest BCUT2D eigenvalue weighted by Gasteiger charge is -2.17. The fraction of sp³-hybridized carbons (Fsp3) is 0.350. The Morgan fingerprint density at radius 3 is 2.38 bits per heavy atom. The summed E-state index contributed by atoms with van der Waals surface area (Å²) in [7, 11) is 6.81. The molecule has 0 radical (unpaired) electrons. The Labute approximate surface area is 154 Å². The molecule has 0 bridgehead atoms. The largest absolute Gasteiger partial charge is 0.497 e. The van der Waals surface area contributed by atoms with Gasteiger partial charge in [-0.1, -0.05) is 6.07 Å². The van der Waals surface area contributed by atoms with Gasteiger partial charge in [0.1, 0.15) is 23.8 Å². The van der Waals surface area contributed by atoms with E-state index in [2.05, 4.69) is 5.32 Å². The molecule has 0 saturated carbocycles. The predicted octanol–water partition coefficient (Wildman–Crippen LogP) is 1.67. The zero-order valence-electron chi connectivity index (χ0n) is 16.0. The summed E-state index contributed by atoms with van der Waals surface area (Å²) in [6, 6.07) is 11.4. The van der Waals surface area contributed by atoms with Gasteiger partial charge in [0.15, 0.2) is 6.54 Å². The molecule has 1 amide bonds. The number of nitrogens with one attached hydrogen (secondary N) is 2. The Kier molecular flexibility index (Phi) is 6.86. The standard InChI is InChI=1S/C20H26N2O4/c1-14-6-9-18(25-4)17(10-14)21-20(23)13-22(2)12-15-7-8-16(24-3)11-19(15)26-5/h6-11H,12-13H2,1-5H3,(H,21,23)/p+1. The molecule has 0 aliphatic rings. The first-order valence-electron chi connectivity index (χ1n) is 8.43. The van der Waals surface area contributed by atoms with Gasteiger partial charge in [-0.25, -0.2) is 0 Å². The lowest BCUT2D eigenvalue weighted by atomic mass is 10.1. The van der Waals surface area contributed by atoms with Gasteiger partial charge in [0.05, 0.1) is 34.1 Å². The van der Waals surface area contributed by atoms with Gasteiger partial charge in [-0.2, -0.15) is 0 Å². The Morgan fingerprint density at radius 1 is 1.00 bits per heavy atom. The molecule has 0 heterocycles. The van der Waals surface area contributed by atoms with E-state index in [-0.39, 0.29) is 5.91 Å². The third-order valence-electron chi connectivity index (χ3n) is 4.08. The van der Waals surface area contributed by atoms with Crippen molar-refractivity contribution in [3.8, 4) is 17.2 Å². The number of carbonyl (C=O) groups is 1. The van der Waals surface area contributed by atoms with Crippen LogP contribution in [0.15, 0.2) is 36.4 Å². The van der Waals surface area contributed by atoms with Crippen molar-refractivity contribution in [3.63, 3.8) is 0 Å². The molecule has 6 heteroatoms. The molecule has 0 saturated heterocycles. The van der Waals surface area contributed by atoms with Gasteiger partial charge in [-0.15, -0.1) is 0 Å². The van der Waals surface area contributed by atoms with E-state index in [1.807, 2.05) is 50.4 Å². The summed E-state index contributed by atoms with van der Waals surface area (Å²) in [5, 5.41) is 2.93. The van der Waals surface area contributed by atoms with E-state index in [1.165, 1.54) is 0 Å². The number of amides is 1. The molecule has 140 valence electrons. The summed E-state index contributed by atoms with van der Waals surface area (Å²) in [5.74, 6) is 2.08. The number of aryl methyl sites for hydroxylation is 1. The van der Waals surface area contributed by atoms with Crippen LogP contribution in [-0.4, -0.2) is 40.8 Å². The highest BCUT2D eigenvalue weighted by Gasteiger charge is 2.15. The number of methoxy groups -OCH3 is 3. The molecule has 2 aromatic rings. The second-order valence-electron chi connectivity index (χ2n) is 6.24. The van der Waals surface area contributed by atoms with Gasteiger partial charge in [0.25, 0.3) is 5.91 Å². The quantitative estimate of drug-likeness (QED) is 0.753. The van der Waals surface area contributed by atoms with Crippen LogP contribution in [0.25, 0.3) is 0 Å². The van der Waals surface area contributed by atoms with Crippen molar-refractivity contribution in [1.82, 2.24) is 0 Å². The van der Waals surface area contributed by atoms with E-state index in [4.69, 9.17) is 14.2 Å². The van der Waals surface area contributed by atoms with Crippen LogP contribution in [0.1, 0.15) is 11.1 Å². The lowest BCUT2D eigenvalue weighted by Crippen LogP contribution is -3.08. The van der Waals surface area contributed by atoms with Crippen molar-refractivity contribution in [1.29, 1.82) is 0 Å². The van der Waals surface area contributed by atoms with Crippen LogP contribution in [0.2, 0.25) is 0 Å². The third kappa shape index (κ3) is 5.13. The number of quaternary nitrogens is 1. The van der Waals surface area contributed by atoms with Crippen LogP contribution in [-0.2, 0) is 11.3 Å². The van der Waals surface area contributed by atoms with Crippen molar-refractivity contribution in [2.24, 2.45) is 0 Å². The van der Waals surface area contributed by atoms with Crippen LogP contribution in [0.4, 0.5) is 5.69 Å². The topological polar surface area (TPSA) is 61.2 Å². The van der Waals surface area contributed by atoms with Crippen molar-refractivity contribution in [2.75, 3.05) is 40.2 Å². The van der Waals surface area contributed by atoms with E-state index in [0.29, 0.717) is 24.5 Å². The molecule has 26 heavy (non-hydrogen) atoms. The van der Waals surface area contributed by atoms with Crippen LogP contribution in [0.3, 0.4) is 0 Å². The van der Waals surface area contributed by atoms with Crippen LogP contribution in [0, 0.1) is 6.92 Å². The van der Waals surface area contributed by atoms with Gasteiger partial charge in [-0.3, -0.25) is 4.79 Å². The first-order valence-corrected chi connectivity index (χ1v) is 8.43. The molecule has 0 aromatic heterocycles. The van der Waals surface area contributed by atoms with E-state index in [1.54, 1.807) is 21.3 Å². The average molecular weight is 359 g/mol. The minimum absolute atomic E-state index is 0.0705. The maximum atomic E-state index is 12.4. The number of carbonyl (C=O) groups excluding carboxylic acids is 1. The number of hydrogen-bond donors (Lipinski definition) is 2. The minimum atomic E-state index is -0.0705. The van der Waals surface area contributed by atoms with Crippen LogP contribution >= 0.6 is 0 Å². The van der Waals surface area contributed by atoms with E-state index in [9.17, 15) is 4.79 Å². The summed E-state index contributed by atoms with van der Waals surface area (Å²) < 4.78 is 15.9. The van der Waals surface area contributed by atoms with Crippen molar-refractivity contribution >= 4 is 11.6 Å². The normalized spacial score (nSPS) is 11.6. The smallest absolute Gasteiger partial charge is 0.279 e. The second-order valence-corrected chi connectivity index (χ2v) is 6.24.